The summed E-state index contributed by atoms with van der Waals surface area (Å²) < 4.78 is 0. The van der Waals surface area contributed by atoms with Gasteiger partial charge in [-0.25, -0.2) is 0 Å². The molecular weight excluding hydrogens is 373 g/mol. The lowest BCUT2D eigenvalue weighted by molar-refractivity contribution is 0.104. The van der Waals surface area contributed by atoms with E-state index in [1.54, 1.807) is 0 Å². The van der Waals surface area contributed by atoms with Crippen molar-refractivity contribution < 1.29 is 0 Å². The average Bonchev–Trinajstić information content (AvgIpc) is 3.10. The minimum atomic E-state index is 0. The molecule has 1 heterocycles. The maximum atomic E-state index is 4.57. The van der Waals surface area contributed by atoms with Crippen molar-refractivity contribution in [2.45, 2.75) is 57.8 Å². The van der Waals surface area contributed by atoms with Crippen molar-refractivity contribution in [3.8, 4) is 0 Å². The second-order valence-corrected chi connectivity index (χ2v) is 7.92. The molecule has 0 radical (unpaired) electrons. The van der Waals surface area contributed by atoms with Crippen molar-refractivity contribution in [2.75, 3.05) is 26.7 Å². The Kier molecular flexibility index (Phi) is 4.46. The molecule has 0 aromatic heterocycles. The van der Waals surface area contributed by atoms with Gasteiger partial charge in [0.25, 0.3) is 0 Å². The number of rotatable bonds is 3. The van der Waals surface area contributed by atoms with Crippen LogP contribution < -0.4 is 5.32 Å². The molecule has 3 saturated carbocycles. The van der Waals surface area contributed by atoms with Gasteiger partial charge >= 0.3 is 0 Å². The van der Waals surface area contributed by atoms with Crippen LogP contribution in [0.4, 0.5) is 0 Å². The molecule has 1 saturated heterocycles. The van der Waals surface area contributed by atoms with Crippen molar-refractivity contribution in [1.82, 2.24) is 10.2 Å². The van der Waals surface area contributed by atoms with Crippen LogP contribution in [0.15, 0.2) is 4.99 Å². The van der Waals surface area contributed by atoms with Crippen molar-refractivity contribution >= 4 is 29.9 Å². The van der Waals surface area contributed by atoms with Gasteiger partial charge in [-0.05, 0) is 61.7 Å². The normalized spacial score (nSPS) is 29.6. The van der Waals surface area contributed by atoms with E-state index in [9.17, 15) is 0 Å². The van der Waals surface area contributed by atoms with E-state index in [2.05, 4.69) is 15.2 Å². The van der Waals surface area contributed by atoms with Gasteiger partial charge in [-0.2, -0.15) is 0 Å². The number of nitrogens with zero attached hydrogens (tertiary/aromatic N) is 2. The van der Waals surface area contributed by atoms with Gasteiger partial charge in [0.1, 0.15) is 0 Å². The summed E-state index contributed by atoms with van der Waals surface area (Å²) in [6.07, 6.45) is 13.0. The number of likely N-dealkylation sites (tertiary alicyclic amines) is 1. The van der Waals surface area contributed by atoms with E-state index in [0.717, 1.165) is 5.92 Å². The van der Waals surface area contributed by atoms with Crippen LogP contribution in [0, 0.1) is 16.7 Å². The first-order valence-electron chi connectivity index (χ1n) is 8.71. The molecule has 4 aliphatic rings. The Hall–Kier alpha value is 0. The fourth-order valence-electron chi connectivity index (χ4n) is 4.84. The first kappa shape index (κ1) is 15.9. The number of guanidine groups is 1. The lowest BCUT2D eigenvalue weighted by Gasteiger charge is -2.43. The smallest absolute Gasteiger partial charge is 0.193 e. The van der Waals surface area contributed by atoms with Crippen LogP contribution in [-0.2, 0) is 0 Å². The summed E-state index contributed by atoms with van der Waals surface area (Å²) in [6, 6.07) is 0. The fourth-order valence-corrected chi connectivity index (χ4v) is 4.84. The first-order valence-corrected chi connectivity index (χ1v) is 8.71. The van der Waals surface area contributed by atoms with Crippen molar-refractivity contribution in [2.24, 2.45) is 21.7 Å². The molecule has 0 amide bonds. The van der Waals surface area contributed by atoms with Crippen LogP contribution in [0.25, 0.3) is 0 Å². The van der Waals surface area contributed by atoms with Gasteiger partial charge in [0.05, 0.1) is 0 Å². The largest absolute Gasteiger partial charge is 0.356 e. The van der Waals surface area contributed by atoms with Gasteiger partial charge in [-0.15, -0.1) is 24.0 Å². The number of halogens is 1. The van der Waals surface area contributed by atoms with Gasteiger partial charge in [0.2, 0.25) is 0 Å². The van der Waals surface area contributed by atoms with E-state index >= 15 is 0 Å². The van der Waals surface area contributed by atoms with E-state index < -0.39 is 0 Å². The topological polar surface area (TPSA) is 27.6 Å². The highest BCUT2D eigenvalue weighted by Crippen LogP contribution is 2.56. The third-order valence-electron chi connectivity index (χ3n) is 6.76. The Morgan fingerprint density at radius 2 is 1.86 bits per heavy atom. The number of hydrogen-bond acceptors (Lipinski definition) is 1. The molecule has 0 aromatic rings. The van der Waals surface area contributed by atoms with Crippen molar-refractivity contribution in [3.05, 3.63) is 0 Å². The third kappa shape index (κ3) is 2.81. The summed E-state index contributed by atoms with van der Waals surface area (Å²) in [4.78, 5) is 7.09. The Balaban J connectivity index is 0.00000132. The molecule has 1 N–H and O–H groups in total. The summed E-state index contributed by atoms with van der Waals surface area (Å²) in [7, 11) is 1.96. The average molecular weight is 403 g/mol. The molecule has 0 bridgehead atoms. The van der Waals surface area contributed by atoms with E-state index in [0.29, 0.717) is 10.8 Å². The quantitative estimate of drug-likeness (QED) is 0.443. The van der Waals surface area contributed by atoms with Crippen molar-refractivity contribution in [1.29, 1.82) is 0 Å². The monoisotopic (exact) mass is 403 g/mol. The van der Waals surface area contributed by atoms with Gasteiger partial charge in [-0.1, -0.05) is 12.8 Å². The second-order valence-electron chi connectivity index (χ2n) is 7.92. The summed E-state index contributed by atoms with van der Waals surface area (Å²) in [5.74, 6) is 2.21. The van der Waals surface area contributed by atoms with Crippen LogP contribution >= 0.6 is 24.0 Å². The van der Waals surface area contributed by atoms with Crippen LogP contribution in [0.3, 0.4) is 0 Å². The molecule has 1 aliphatic heterocycles. The second kappa shape index (κ2) is 5.89. The highest BCUT2D eigenvalue weighted by atomic mass is 127. The molecule has 3 nitrogen and oxygen atoms in total. The highest BCUT2D eigenvalue weighted by Gasteiger charge is 2.49. The van der Waals surface area contributed by atoms with Crippen LogP contribution in [0.1, 0.15) is 57.8 Å². The minimum absolute atomic E-state index is 0. The maximum absolute atomic E-state index is 4.57. The molecule has 4 rings (SSSR count). The third-order valence-corrected chi connectivity index (χ3v) is 6.76. The highest BCUT2D eigenvalue weighted by molar-refractivity contribution is 14.0. The number of hydrogen-bond donors (Lipinski definition) is 1. The van der Waals surface area contributed by atoms with E-state index in [4.69, 9.17) is 0 Å². The molecule has 21 heavy (non-hydrogen) atoms. The standard InChI is InChI=1S/C17H29N3.HI/c1-18-15(20-11-10-16(13-20)6-2-7-16)19-12-17(8-3-9-17)14-4-5-14;/h14H,2-13H2,1H3,(H,18,19);1H. The lowest BCUT2D eigenvalue weighted by atomic mass is 9.65. The minimum Gasteiger partial charge on any atom is -0.356 e. The molecule has 0 unspecified atom stereocenters. The molecule has 3 aliphatic carbocycles. The zero-order valence-electron chi connectivity index (χ0n) is 13.4. The molecular formula is C17H30IN3. The Labute approximate surface area is 146 Å². The predicted molar refractivity (Wildman–Crippen MR) is 98.3 cm³/mol. The van der Waals surface area contributed by atoms with Gasteiger partial charge in [0.15, 0.2) is 5.96 Å². The zero-order chi connectivity index (χ0) is 13.6. The van der Waals surface area contributed by atoms with Gasteiger partial charge in [-0.3, -0.25) is 4.99 Å². The van der Waals surface area contributed by atoms with E-state index in [1.807, 2.05) is 7.05 Å². The molecule has 1 spiro atoms. The first-order chi connectivity index (χ1) is 9.75. The Bertz CT molecular complexity index is 408. The summed E-state index contributed by atoms with van der Waals surface area (Å²) in [6.45, 7) is 3.65. The predicted octanol–water partition coefficient (Wildman–Crippen LogP) is 3.64. The zero-order valence-corrected chi connectivity index (χ0v) is 15.7. The van der Waals surface area contributed by atoms with Gasteiger partial charge in [0, 0.05) is 26.7 Å². The van der Waals surface area contributed by atoms with Crippen molar-refractivity contribution in [3.63, 3.8) is 0 Å². The SMILES string of the molecule is CN=C(NCC1(C2CC2)CCC1)N1CCC2(CCC2)C1.I. The summed E-state index contributed by atoms with van der Waals surface area (Å²) >= 11 is 0. The Morgan fingerprint density at radius 1 is 1.14 bits per heavy atom. The summed E-state index contributed by atoms with van der Waals surface area (Å²) in [5, 5.41) is 3.74. The molecule has 0 aromatic carbocycles. The van der Waals surface area contributed by atoms with Crippen LogP contribution in [0.5, 0.6) is 0 Å². The van der Waals surface area contributed by atoms with E-state index in [-0.39, 0.29) is 24.0 Å². The summed E-state index contributed by atoms with van der Waals surface area (Å²) in [5.41, 5.74) is 1.31. The molecule has 4 heteroatoms. The van der Waals surface area contributed by atoms with Gasteiger partial charge < -0.3 is 10.2 Å². The molecule has 0 atom stereocenters. The van der Waals surface area contributed by atoms with E-state index in [1.165, 1.54) is 83.4 Å². The maximum Gasteiger partial charge on any atom is 0.193 e. The Morgan fingerprint density at radius 3 is 2.29 bits per heavy atom. The number of aliphatic imine (C=N–C) groups is 1. The molecule has 4 fully saturated rings. The number of nitrogens with one attached hydrogen (secondary N) is 1. The van der Waals surface area contributed by atoms with Crippen LogP contribution in [-0.4, -0.2) is 37.5 Å². The molecule has 120 valence electrons. The lowest BCUT2D eigenvalue weighted by Crippen LogP contribution is -2.49. The van der Waals surface area contributed by atoms with Crippen LogP contribution in [0.2, 0.25) is 0 Å². The fraction of sp³-hybridized carbons (Fsp3) is 0.941.